The number of hydrogen-bond acceptors (Lipinski definition) is 3. The Morgan fingerprint density at radius 2 is 1.28 bits per heavy atom. The molecule has 8 aromatic rings. The third-order valence-electron chi connectivity index (χ3n) is 14.4. The van der Waals surface area contributed by atoms with Crippen molar-refractivity contribution in [2.24, 2.45) is 23.7 Å². The van der Waals surface area contributed by atoms with Crippen molar-refractivity contribution in [2.45, 2.75) is 44.4 Å². The van der Waals surface area contributed by atoms with Gasteiger partial charge in [-0.1, -0.05) is 128 Å². The van der Waals surface area contributed by atoms with Crippen LogP contribution in [0.5, 0.6) is 0 Å². The molecule has 0 N–H and O–H groups in total. The molecule has 4 fully saturated rings. The first-order chi connectivity index (χ1) is 28.6. The molecule has 4 heteroatoms. The van der Waals surface area contributed by atoms with Crippen LogP contribution in [0.1, 0.15) is 54.4 Å². The highest BCUT2D eigenvalue weighted by atomic mass is 15.0. The molecule has 280 valence electrons. The van der Waals surface area contributed by atoms with Gasteiger partial charge in [-0.15, -0.1) is 0 Å². The SMILES string of the molecule is C=C/C=C\c1ccc2c(c1C)-c1ccc(-c3nc(-c4ccccc4)nc(-c4cccc5c6ccccc6n(-c6ccccc6)c45)n3)cc1C21C2CC3CC(C2)CC1C3. The molecular formula is C54H44N4. The molecule has 2 aromatic heterocycles. The van der Waals surface area contributed by atoms with E-state index in [4.69, 9.17) is 15.0 Å². The van der Waals surface area contributed by atoms with E-state index < -0.39 is 0 Å². The molecule has 2 heterocycles. The summed E-state index contributed by atoms with van der Waals surface area (Å²) in [5.74, 6) is 5.12. The number of hydrogen-bond donors (Lipinski definition) is 0. The lowest BCUT2D eigenvalue weighted by Crippen LogP contribution is -2.55. The second-order valence-corrected chi connectivity index (χ2v) is 17.3. The molecule has 0 aliphatic heterocycles. The van der Waals surface area contributed by atoms with Gasteiger partial charge in [0.1, 0.15) is 0 Å². The summed E-state index contributed by atoms with van der Waals surface area (Å²) in [5, 5.41) is 2.38. The molecule has 13 rings (SSSR count). The largest absolute Gasteiger partial charge is 0.309 e. The van der Waals surface area contributed by atoms with Gasteiger partial charge in [0.2, 0.25) is 0 Å². The molecule has 0 atom stereocenters. The van der Waals surface area contributed by atoms with Gasteiger partial charge in [0.15, 0.2) is 17.5 Å². The van der Waals surface area contributed by atoms with Crippen molar-refractivity contribution < 1.29 is 0 Å². The zero-order valence-corrected chi connectivity index (χ0v) is 32.8. The lowest BCUT2D eigenvalue weighted by molar-refractivity contribution is -0.0399. The normalized spacial score (nSPS) is 22.6. The standard InChI is InChI=1S/C54H44N4/c1-3-4-14-36-24-26-46-49(33(36)2)44-25-23-38(32-47(44)54(46)39-28-34-27-35(30-39)31-40(54)29-34)52-55-51(37-15-7-5-8-16-37)56-53(57-52)45-21-13-20-43-42-19-11-12-22-48(42)58(50(43)45)41-17-9-6-10-18-41/h3-26,32,34-35,39-40H,1,27-31H2,2H3/b14-4-. The van der Waals surface area contributed by atoms with Crippen molar-refractivity contribution in [2.75, 3.05) is 0 Å². The zero-order valence-electron chi connectivity index (χ0n) is 32.8. The fourth-order valence-corrected chi connectivity index (χ4v) is 12.4. The minimum atomic E-state index is 0.0138. The number of fused-ring (bicyclic) bond motifs is 6. The fourth-order valence-electron chi connectivity index (χ4n) is 12.4. The van der Waals surface area contributed by atoms with Crippen LogP contribution in [0.3, 0.4) is 0 Å². The van der Waals surface area contributed by atoms with Crippen LogP contribution in [0.2, 0.25) is 0 Å². The quantitative estimate of drug-likeness (QED) is 0.159. The van der Waals surface area contributed by atoms with Crippen molar-refractivity contribution >= 4 is 27.9 Å². The minimum absolute atomic E-state index is 0.0138. The average Bonchev–Trinajstić information content (AvgIpc) is 3.76. The van der Waals surface area contributed by atoms with E-state index in [-0.39, 0.29) is 5.41 Å². The van der Waals surface area contributed by atoms with Crippen LogP contribution in [0.15, 0.2) is 152 Å². The topological polar surface area (TPSA) is 43.6 Å². The zero-order chi connectivity index (χ0) is 38.5. The van der Waals surface area contributed by atoms with Crippen LogP contribution in [0.25, 0.3) is 78.9 Å². The number of para-hydroxylation sites is 3. The summed E-state index contributed by atoms with van der Waals surface area (Å²) in [6.45, 7) is 6.29. The van der Waals surface area contributed by atoms with E-state index in [1.165, 1.54) is 70.7 Å². The predicted octanol–water partition coefficient (Wildman–Crippen LogP) is 13.2. The van der Waals surface area contributed by atoms with Gasteiger partial charge in [-0.2, -0.15) is 0 Å². The second-order valence-electron chi connectivity index (χ2n) is 17.3. The molecule has 6 aromatic carbocycles. The third kappa shape index (κ3) is 4.78. The Hall–Kier alpha value is -6.39. The van der Waals surface area contributed by atoms with Gasteiger partial charge < -0.3 is 4.57 Å². The summed E-state index contributed by atoms with van der Waals surface area (Å²) in [6.07, 6.45) is 12.9. The molecule has 5 aliphatic carbocycles. The van der Waals surface area contributed by atoms with Gasteiger partial charge in [0.05, 0.1) is 11.0 Å². The molecule has 0 radical (unpaired) electrons. The predicted molar refractivity (Wildman–Crippen MR) is 238 cm³/mol. The van der Waals surface area contributed by atoms with Crippen molar-refractivity contribution in [3.63, 3.8) is 0 Å². The highest BCUT2D eigenvalue weighted by Gasteiger charge is 2.61. The van der Waals surface area contributed by atoms with Crippen molar-refractivity contribution in [3.8, 4) is 51.0 Å². The van der Waals surface area contributed by atoms with E-state index in [0.29, 0.717) is 29.3 Å². The van der Waals surface area contributed by atoms with E-state index in [1.807, 2.05) is 6.08 Å². The molecule has 0 amide bonds. The maximum atomic E-state index is 5.47. The monoisotopic (exact) mass is 748 g/mol. The molecule has 4 nitrogen and oxygen atoms in total. The van der Waals surface area contributed by atoms with Crippen molar-refractivity contribution in [1.82, 2.24) is 19.5 Å². The molecule has 4 bridgehead atoms. The fraction of sp³-hybridized carbons (Fsp3) is 0.204. The lowest BCUT2D eigenvalue weighted by Gasteiger charge is -2.61. The first-order valence-electron chi connectivity index (χ1n) is 21.1. The van der Waals surface area contributed by atoms with E-state index in [1.54, 1.807) is 5.56 Å². The summed E-state index contributed by atoms with van der Waals surface area (Å²) >= 11 is 0. The number of rotatable bonds is 6. The first-order valence-corrected chi connectivity index (χ1v) is 21.1. The van der Waals surface area contributed by atoms with Gasteiger partial charge in [0.25, 0.3) is 0 Å². The highest BCUT2D eigenvalue weighted by molar-refractivity contribution is 6.13. The van der Waals surface area contributed by atoms with Gasteiger partial charge in [-0.3, -0.25) is 0 Å². The summed E-state index contributed by atoms with van der Waals surface area (Å²) in [5.41, 5.74) is 14.9. The molecule has 1 spiro atoms. The molecule has 58 heavy (non-hydrogen) atoms. The van der Waals surface area contributed by atoms with E-state index >= 15 is 0 Å². The van der Waals surface area contributed by atoms with Crippen LogP contribution < -0.4 is 0 Å². The Morgan fingerprint density at radius 1 is 0.603 bits per heavy atom. The van der Waals surface area contributed by atoms with Gasteiger partial charge >= 0.3 is 0 Å². The number of benzene rings is 6. The smallest absolute Gasteiger partial charge is 0.166 e. The van der Waals surface area contributed by atoms with Gasteiger partial charge in [0, 0.05) is 38.6 Å². The van der Waals surface area contributed by atoms with Crippen molar-refractivity contribution in [1.29, 1.82) is 0 Å². The van der Waals surface area contributed by atoms with Crippen molar-refractivity contribution in [3.05, 3.63) is 174 Å². The lowest BCUT2D eigenvalue weighted by atomic mass is 9.43. The molecule has 4 saturated carbocycles. The Balaban J connectivity index is 1.10. The number of nitrogens with zero attached hydrogens (tertiary/aromatic N) is 4. The van der Waals surface area contributed by atoms with E-state index in [2.05, 4.69) is 164 Å². The van der Waals surface area contributed by atoms with E-state index in [9.17, 15) is 0 Å². The van der Waals surface area contributed by atoms with E-state index in [0.717, 1.165) is 45.2 Å². The summed E-state index contributed by atoms with van der Waals surface area (Å²) in [6, 6.07) is 48.3. The maximum absolute atomic E-state index is 5.47. The van der Waals surface area contributed by atoms with Crippen LogP contribution >= 0.6 is 0 Å². The average molecular weight is 749 g/mol. The van der Waals surface area contributed by atoms with Crippen LogP contribution in [-0.4, -0.2) is 19.5 Å². The molecule has 0 unspecified atom stereocenters. The van der Waals surface area contributed by atoms with Crippen LogP contribution in [-0.2, 0) is 5.41 Å². The minimum Gasteiger partial charge on any atom is -0.309 e. The van der Waals surface area contributed by atoms with Crippen LogP contribution in [0.4, 0.5) is 0 Å². The molecule has 0 saturated heterocycles. The number of aromatic nitrogens is 4. The first kappa shape index (κ1) is 33.7. The Morgan fingerprint density at radius 3 is 2.03 bits per heavy atom. The Bertz CT molecular complexity index is 2960. The van der Waals surface area contributed by atoms with Crippen LogP contribution in [0, 0.1) is 30.6 Å². The molecular weight excluding hydrogens is 705 g/mol. The number of allylic oxidation sites excluding steroid dienone is 2. The maximum Gasteiger partial charge on any atom is 0.166 e. The summed E-state index contributed by atoms with van der Waals surface area (Å²) in [4.78, 5) is 16.1. The highest BCUT2D eigenvalue weighted by Crippen LogP contribution is 2.70. The summed E-state index contributed by atoms with van der Waals surface area (Å²) < 4.78 is 2.37. The molecule has 5 aliphatic rings. The Labute approximate surface area is 339 Å². The Kier molecular flexibility index (Phi) is 7.45. The van der Waals surface area contributed by atoms with Gasteiger partial charge in [-0.05, 0) is 126 Å². The summed E-state index contributed by atoms with van der Waals surface area (Å²) in [7, 11) is 0. The van der Waals surface area contributed by atoms with Gasteiger partial charge in [-0.25, -0.2) is 15.0 Å². The second kappa shape index (κ2) is 12.8. The third-order valence-corrected chi connectivity index (χ3v) is 14.4.